The molecule has 2 aromatic heterocycles. The summed E-state index contributed by atoms with van der Waals surface area (Å²) in [6, 6.07) is 20.3. The largest absolute Gasteiger partial charge is 0.457 e. The summed E-state index contributed by atoms with van der Waals surface area (Å²) in [6.45, 7) is 0. The number of hydrogen-bond donors (Lipinski definition) is 3. The number of primary amides is 1. The first kappa shape index (κ1) is 21.6. The first-order chi connectivity index (χ1) is 15.9. The average molecular weight is 441 g/mol. The van der Waals surface area contributed by atoms with E-state index in [0.717, 1.165) is 16.9 Å². The maximum atomic E-state index is 11.3. The average Bonchev–Trinajstić information content (AvgIpc) is 2.79. The Bertz CT molecular complexity index is 1290. The molecule has 1 amide bonds. The van der Waals surface area contributed by atoms with Gasteiger partial charge in [-0.05, 0) is 30.3 Å². The molecular formula is C24H23N7O2. The van der Waals surface area contributed by atoms with Gasteiger partial charge < -0.3 is 26.4 Å². The summed E-state index contributed by atoms with van der Waals surface area (Å²) in [5.41, 5.74) is 14.8. The van der Waals surface area contributed by atoms with E-state index in [1.807, 2.05) is 61.5 Å². The van der Waals surface area contributed by atoms with Gasteiger partial charge in [0, 0.05) is 55.4 Å². The predicted octanol–water partition coefficient (Wildman–Crippen LogP) is 3.82. The van der Waals surface area contributed by atoms with Gasteiger partial charge in [-0.15, -0.1) is 0 Å². The van der Waals surface area contributed by atoms with Crippen molar-refractivity contribution in [1.29, 1.82) is 0 Å². The third-order valence-corrected chi connectivity index (χ3v) is 4.75. The highest BCUT2D eigenvalue weighted by Crippen LogP contribution is 2.28. The van der Waals surface area contributed by atoms with Crippen molar-refractivity contribution in [2.24, 2.45) is 5.73 Å². The molecule has 33 heavy (non-hydrogen) atoms. The molecule has 0 saturated heterocycles. The van der Waals surface area contributed by atoms with E-state index < -0.39 is 5.91 Å². The van der Waals surface area contributed by atoms with Crippen molar-refractivity contribution in [1.82, 2.24) is 15.0 Å². The van der Waals surface area contributed by atoms with Crippen molar-refractivity contribution in [3.8, 4) is 22.8 Å². The van der Waals surface area contributed by atoms with Crippen LogP contribution in [0.25, 0.3) is 11.3 Å². The zero-order chi connectivity index (χ0) is 23.4. The van der Waals surface area contributed by atoms with Crippen LogP contribution in [0.4, 0.5) is 23.1 Å². The SMILES string of the molecule is CN(C)c1ccc(-c2cc(Nc3cccc(Oc4ccnc(C(N)=O)c4)c3)nc(N)n2)cc1. The summed E-state index contributed by atoms with van der Waals surface area (Å²) in [6.07, 6.45) is 1.47. The maximum Gasteiger partial charge on any atom is 0.267 e. The minimum atomic E-state index is -0.621. The van der Waals surface area contributed by atoms with Crippen LogP contribution in [0.2, 0.25) is 0 Å². The van der Waals surface area contributed by atoms with Crippen molar-refractivity contribution in [3.63, 3.8) is 0 Å². The van der Waals surface area contributed by atoms with Crippen LogP contribution in [0.1, 0.15) is 10.5 Å². The van der Waals surface area contributed by atoms with E-state index in [1.165, 1.54) is 12.3 Å². The molecule has 0 aliphatic rings. The zero-order valence-electron chi connectivity index (χ0n) is 18.2. The summed E-state index contributed by atoms with van der Waals surface area (Å²) >= 11 is 0. The Balaban J connectivity index is 1.54. The summed E-state index contributed by atoms with van der Waals surface area (Å²) in [7, 11) is 3.98. The molecule has 0 spiro atoms. The molecule has 0 aliphatic carbocycles. The van der Waals surface area contributed by atoms with Crippen LogP contribution in [0.3, 0.4) is 0 Å². The molecule has 0 bridgehead atoms. The molecule has 0 unspecified atom stereocenters. The third kappa shape index (κ3) is 5.34. The smallest absolute Gasteiger partial charge is 0.267 e. The van der Waals surface area contributed by atoms with Crippen LogP contribution in [-0.2, 0) is 0 Å². The van der Waals surface area contributed by atoms with E-state index in [1.54, 1.807) is 18.2 Å². The Labute approximate surface area is 191 Å². The molecule has 0 aliphatic heterocycles. The van der Waals surface area contributed by atoms with E-state index >= 15 is 0 Å². The van der Waals surface area contributed by atoms with Crippen molar-refractivity contribution in [2.45, 2.75) is 0 Å². The number of benzene rings is 2. The van der Waals surface area contributed by atoms with Gasteiger partial charge in [0.2, 0.25) is 5.95 Å². The molecule has 9 nitrogen and oxygen atoms in total. The lowest BCUT2D eigenvalue weighted by Gasteiger charge is -2.13. The molecular weight excluding hydrogens is 418 g/mol. The van der Waals surface area contributed by atoms with Gasteiger partial charge in [-0.25, -0.2) is 4.98 Å². The highest BCUT2D eigenvalue weighted by Gasteiger charge is 2.08. The second kappa shape index (κ2) is 9.23. The first-order valence-electron chi connectivity index (χ1n) is 10.1. The summed E-state index contributed by atoms with van der Waals surface area (Å²) in [5.74, 6) is 1.10. The zero-order valence-corrected chi connectivity index (χ0v) is 18.2. The quantitative estimate of drug-likeness (QED) is 0.394. The number of anilines is 4. The van der Waals surface area contributed by atoms with E-state index in [0.29, 0.717) is 23.0 Å². The van der Waals surface area contributed by atoms with Crippen molar-refractivity contribution < 1.29 is 9.53 Å². The van der Waals surface area contributed by atoms with Crippen molar-refractivity contribution in [3.05, 3.63) is 78.6 Å². The molecule has 5 N–H and O–H groups in total. The number of carbonyl (C=O) groups excluding carboxylic acids is 1. The number of hydrogen-bond acceptors (Lipinski definition) is 8. The molecule has 0 fully saturated rings. The fourth-order valence-corrected chi connectivity index (χ4v) is 3.14. The molecule has 0 saturated carbocycles. The number of carbonyl (C=O) groups is 1. The first-order valence-corrected chi connectivity index (χ1v) is 10.1. The van der Waals surface area contributed by atoms with E-state index in [9.17, 15) is 4.79 Å². The minimum absolute atomic E-state index is 0.129. The summed E-state index contributed by atoms with van der Waals surface area (Å²) in [4.78, 5) is 25.9. The lowest BCUT2D eigenvalue weighted by molar-refractivity contribution is 0.0995. The Hall–Kier alpha value is -4.66. The molecule has 2 heterocycles. The van der Waals surface area contributed by atoms with Gasteiger partial charge in [0.25, 0.3) is 5.91 Å². The number of nitrogen functional groups attached to an aromatic ring is 1. The van der Waals surface area contributed by atoms with Crippen LogP contribution >= 0.6 is 0 Å². The van der Waals surface area contributed by atoms with Gasteiger partial charge in [-0.1, -0.05) is 18.2 Å². The van der Waals surface area contributed by atoms with Gasteiger partial charge in [-0.2, -0.15) is 4.98 Å². The second-order valence-corrected chi connectivity index (χ2v) is 7.43. The lowest BCUT2D eigenvalue weighted by atomic mass is 10.1. The molecule has 9 heteroatoms. The number of aromatic nitrogens is 3. The number of ether oxygens (including phenoxy) is 1. The van der Waals surface area contributed by atoms with Gasteiger partial charge >= 0.3 is 0 Å². The molecule has 2 aromatic carbocycles. The Morgan fingerprint density at radius 1 is 0.970 bits per heavy atom. The fraction of sp³-hybridized carbons (Fsp3) is 0.0833. The molecule has 0 atom stereocenters. The van der Waals surface area contributed by atoms with Crippen LogP contribution in [0.5, 0.6) is 11.5 Å². The van der Waals surface area contributed by atoms with E-state index in [2.05, 4.69) is 20.3 Å². The monoisotopic (exact) mass is 441 g/mol. The highest BCUT2D eigenvalue weighted by molar-refractivity contribution is 5.91. The maximum absolute atomic E-state index is 11.3. The molecule has 4 aromatic rings. The summed E-state index contributed by atoms with van der Waals surface area (Å²) < 4.78 is 5.85. The topological polar surface area (TPSA) is 132 Å². The number of pyridine rings is 1. The minimum Gasteiger partial charge on any atom is -0.457 e. The molecule has 0 radical (unpaired) electrons. The summed E-state index contributed by atoms with van der Waals surface area (Å²) in [5, 5.41) is 3.23. The Morgan fingerprint density at radius 2 is 1.73 bits per heavy atom. The van der Waals surface area contributed by atoms with Gasteiger partial charge in [0.05, 0.1) is 5.69 Å². The van der Waals surface area contributed by atoms with Gasteiger partial charge in [0.15, 0.2) is 0 Å². The Morgan fingerprint density at radius 3 is 2.45 bits per heavy atom. The van der Waals surface area contributed by atoms with E-state index in [4.69, 9.17) is 16.2 Å². The second-order valence-electron chi connectivity index (χ2n) is 7.43. The van der Waals surface area contributed by atoms with Gasteiger partial charge in [0.1, 0.15) is 23.0 Å². The normalized spacial score (nSPS) is 10.5. The van der Waals surface area contributed by atoms with Crippen molar-refractivity contribution in [2.75, 3.05) is 30.0 Å². The number of nitrogens with one attached hydrogen (secondary N) is 1. The lowest BCUT2D eigenvalue weighted by Crippen LogP contribution is -2.12. The van der Waals surface area contributed by atoms with Crippen molar-refractivity contribution >= 4 is 29.0 Å². The van der Waals surface area contributed by atoms with Crippen LogP contribution in [0.15, 0.2) is 72.9 Å². The molecule has 166 valence electrons. The number of nitrogens with two attached hydrogens (primary N) is 2. The van der Waals surface area contributed by atoms with Crippen LogP contribution in [-0.4, -0.2) is 35.0 Å². The standard InChI is InChI=1S/C24H23N7O2/c1-31(2)17-8-6-15(7-9-17)20-14-22(30-24(26)29-20)28-16-4-3-5-18(12-16)33-19-10-11-27-21(13-19)23(25)32/h3-14H,1-2H3,(H2,25,32)(H3,26,28,29,30). The van der Waals surface area contributed by atoms with Crippen LogP contribution < -0.4 is 26.4 Å². The number of nitrogens with zero attached hydrogens (tertiary/aromatic N) is 4. The van der Waals surface area contributed by atoms with Crippen LogP contribution in [0, 0.1) is 0 Å². The highest BCUT2D eigenvalue weighted by atomic mass is 16.5. The third-order valence-electron chi connectivity index (χ3n) is 4.75. The molecule has 4 rings (SSSR count). The van der Waals surface area contributed by atoms with E-state index in [-0.39, 0.29) is 11.6 Å². The number of rotatable bonds is 7. The fourth-order valence-electron chi connectivity index (χ4n) is 3.14. The number of amides is 1. The van der Waals surface area contributed by atoms with Gasteiger partial charge in [-0.3, -0.25) is 9.78 Å². The predicted molar refractivity (Wildman–Crippen MR) is 129 cm³/mol. The Kier molecular flexibility index (Phi) is 6.03.